The number of nitrogens with two attached hydrogens (primary N) is 1. The monoisotopic (exact) mass is 238 g/mol. The van der Waals surface area contributed by atoms with E-state index in [4.69, 9.17) is 5.73 Å². The Balaban J connectivity index is 1.82. The summed E-state index contributed by atoms with van der Waals surface area (Å²) in [6.07, 6.45) is 7.29. The summed E-state index contributed by atoms with van der Waals surface area (Å²) >= 11 is 0. The average Bonchev–Trinajstić information content (AvgIpc) is 2.90. The summed E-state index contributed by atoms with van der Waals surface area (Å²) in [7, 11) is 0. The van der Waals surface area contributed by atoms with E-state index < -0.39 is 0 Å². The molecule has 2 aliphatic carbocycles. The molecule has 0 aromatic carbocycles. The molecule has 2 aliphatic rings. The fourth-order valence-electron chi connectivity index (χ4n) is 3.77. The number of carbonyl (C=O) groups excluding carboxylic acids is 1. The maximum absolute atomic E-state index is 12.2. The largest absolute Gasteiger partial charge is 0.341 e. The summed E-state index contributed by atoms with van der Waals surface area (Å²) < 4.78 is 0. The predicted molar refractivity (Wildman–Crippen MR) is 69.5 cm³/mol. The minimum absolute atomic E-state index is 0.342. The molecule has 0 aromatic rings. The molecule has 3 unspecified atom stereocenters. The van der Waals surface area contributed by atoms with Crippen LogP contribution in [0.5, 0.6) is 0 Å². The molecule has 0 spiro atoms. The van der Waals surface area contributed by atoms with Gasteiger partial charge in [-0.3, -0.25) is 4.79 Å². The number of hydrogen-bond donors (Lipinski definition) is 1. The topological polar surface area (TPSA) is 46.3 Å². The summed E-state index contributed by atoms with van der Waals surface area (Å²) in [6.45, 7) is 4.31. The second-order valence-corrected chi connectivity index (χ2v) is 5.81. The molecule has 0 aliphatic heterocycles. The van der Waals surface area contributed by atoms with E-state index in [9.17, 15) is 4.79 Å². The molecular formula is C14H26N2O. The number of rotatable bonds is 6. The van der Waals surface area contributed by atoms with E-state index in [2.05, 4.69) is 6.92 Å². The molecule has 0 heterocycles. The van der Waals surface area contributed by atoms with Crippen molar-refractivity contribution < 1.29 is 4.79 Å². The Kier molecular flexibility index (Phi) is 4.43. The number of nitrogens with zero attached hydrogens (tertiary/aromatic N) is 1. The Morgan fingerprint density at radius 3 is 2.65 bits per heavy atom. The van der Waals surface area contributed by atoms with E-state index in [-0.39, 0.29) is 0 Å². The van der Waals surface area contributed by atoms with Gasteiger partial charge < -0.3 is 10.6 Å². The second kappa shape index (κ2) is 5.85. The highest BCUT2D eigenvalue weighted by molar-refractivity contribution is 5.76. The number of hydrogen-bond acceptors (Lipinski definition) is 2. The van der Waals surface area contributed by atoms with Crippen molar-refractivity contribution in [1.82, 2.24) is 4.90 Å². The molecule has 2 fully saturated rings. The molecule has 2 rings (SSSR count). The van der Waals surface area contributed by atoms with Gasteiger partial charge in [0.1, 0.15) is 0 Å². The third-order valence-corrected chi connectivity index (χ3v) is 4.57. The highest BCUT2D eigenvalue weighted by Crippen LogP contribution is 2.49. The Hall–Kier alpha value is -0.570. The zero-order valence-electron chi connectivity index (χ0n) is 11.0. The Bertz CT molecular complexity index is 261. The van der Waals surface area contributed by atoms with Crippen LogP contribution >= 0.6 is 0 Å². The predicted octanol–water partition coefficient (Wildman–Crippen LogP) is 2.01. The lowest BCUT2D eigenvalue weighted by Crippen LogP contribution is -2.37. The van der Waals surface area contributed by atoms with Gasteiger partial charge in [-0.25, -0.2) is 0 Å². The maximum Gasteiger partial charge on any atom is 0.222 e. The van der Waals surface area contributed by atoms with Crippen LogP contribution < -0.4 is 5.73 Å². The van der Waals surface area contributed by atoms with Crippen molar-refractivity contribution in [3.05, 3.63) is 0 Å². The maximum atomic E-state index is 12.2. The average molecular weight is 238 g/mol. The van der Waals surface area contributed by atoms with Crippen molar-refractivity contribution in [2.75, 3.05) is 19.6 Å². The highest BCUT2D eigenvalue weighted by atomic mass is 16.2. The van der Waals surface area contributed by atoms with Gasteiger partial charge in [0.05, 0.1) is 0 Å². The van der Waals surface area contributed by atoms with Crippen LogP contribution in [0.1, 0.15) is 45.4 Å². The third-order valence-electron chi connectivity index (χ3n) is 4.57. The zero-order chi connectivity index (χ0) is 12.3. The van der Waals surface area contributed by atoms with Gasteiger partial charge in [0.15, 0.2) is 0 Å². The van der Waals surface area contributed by atoms with E-state index in [1.807, 2.05) is 4.90 Å². The third kappa shape index (κ3) is 3.01. The molecule has 0 radical (unpaired) electrons. The van der Waals surface area contributed by atoms with Crippen LogP contribution in [0.2, 0.25) is 0 Å². The minimum atomic E-state index is 0.342. The molecule has 3 nitrogen and oxygen atoms in total. The molecule has 0 aromatic heterocycles. The molecule has 2 bridgehead atoms. The lowest BCUT2D eigenvalue weighted by atomic mass is 9.86. The first-order valence-corrected chi connectivity index (χ1v) is 7.22. The second-order valence-electron chi connectivity index (χ2n) is 5.81. The summed E-state index contributed by atoms with van der Waals surface area (Å²) in [4.78, 5) is 14.2. The first kappa shape index (κ1) is 12.9. The van der Waals surface area contributed by atoms with Gasteiger partial charge in [0, 0.05) is 26.1 Å². The van der Waals surface area contributed by atoms with E-state index in [1.165, 1.54) is 25.7 Å². The van der Waals surface area contributed by atoms with Gasteiger partial charge in [-0.2, -0.15) is 0 Å². The SMILES string of the molecule is CCCN(CCN)C(=O)CC1CC2CCC1C2. The fraction of sp³-hybridized carbons (Fsp3) is 0.929. The lowest BCUT2D eigenvalue weighted by molar-refractivity contribution is -0.132. The summed E-state index contributed by atoms with van der Waals surface area (Å²) in [6, 6.07) is 0. The van der Waals surface area contributed by atoms with Crippen LogP contribution in [0.15, 0.2) is 0 Å². The van der Waals surface area contributed by atoms with Crippen molar-refractivity contribution in [2.45, 2.75) is 45.4 Å². The van der Waals surface area contributed by atoms with Crippen LogP contribution in [0.4, 0.5) is 0 Å². The smallest absolute Gasteiger partial charge is 0.222 e. The Morgan fingerprint density at radius 2 is 2.12 bits per heavy atom. The van der Waals surface area contributed by atoms with Crippen molar-refractivity contribution in [1.29, 1.82) is 0 Å². The Morgan fingerprint density at radius 1 is 1.29 bits per heavy atom. The number of fused-ring (bicyclic) bond motifs is 2. The van der Waals surface area contributed by atoms with Crippen LogP contribution in [-0.4, -0.2) is 30.4 Å². The van der Waals surface area contributed by atoms with Crippen LogP contribution in [0.25, 0.3) is 0 Å². The first-order chi connectivity index (χ1) is 8.24. The van der Waals surface area contributed by atoms with Gasteiger partial charge >= 0.3 is 0 Å². The van der Waals surface area contributed by atoms with Gasteiger partial charge in [-0.1, -0.05) is 13.3 Å². The molecule has 0 saturated heterocycles. The normalized spacial score (nSPS) is 30.8. The zero-order valence-corrected chi connectivity index (χ0v) is 11.0. The first-order valence-electron chi connectivity index (χ1n) is 7.22. The van der Waals surface area contributed by atoms with Crippen molar-refractivity contribution in [2.24, 2.45) is 23.5 Å². The van der Waals surface area contributed by atoms with E-state index in [0.29, 0.717) is 18.4 Å². The highest BCUT2D eigenvalue weighted by Gasteiger charge is 2.40. The van der Waals surface area contributed by atoms with Crippen LogP contribution in [-0.2, 0) is 4.79 Å². The summed E-state index contributed by atoms with van der Waals surface area (Å²) in [5.74, 6) is 2.81. The molecule has 2 N–H and O–H groups in total. The van der Waals surface area contributed by atoms with Gasteiger partial charge in [-0.15, -0.1) is 0 Å². The quantitative estimate of drug-likeness (QED) is 0.769. The van der Waals surface area contributed by atoms with E-state index in [1.54, 1.807) is 0 Å². The van der Waals surface area contributed by atoms with Gasteiger partial charge in [0.2, 0.25) is 5.91 Å². The van der Waals surface area contributed by atoms with Crippen molar-refractivity contribution in [3.63, 3.8) is 0 Å². The van der Waals surface area contributed by atoms with Gasteiger partial charge in [-0.05, 0) is 43.4 Å². The summed E-state index contributed by atoms with van der Waals surface area (Å²) in [5.41, 5.74) is 5.57. The van der Waals surface area contributed by atoms with Crippen LogP contribution in [0, 0.1) is 17.8 Å². The fourth-order valence-corrected chi connectivity index (χ4v) is 3.77. The molecule has 98 valence electrons. The van der Waals surface area contributed by atoms with E-state index >= 15 is 0 Å². The number of amides is 1. The van der Waals surface area contributed by atoms with Crippen molar-refractivity contribution >= 4 is 5.91 Å². The number of carbonyl (C=O) groups is 1. The molecule has 17 heavy (non-hydrogen) atoms. The lowest BCUT2D eigenvalue weighted by Gasteiger charge is -2.26. The van der Waals surface area contributed by atoms with E-state index in [0.717, 1.165) is 37.8 Å². The van der Waals surface area contributed by atoms with Crippen molar-refractivity contribution in [3.8, 4) is 0 Å². The standard InChI is InChI=1S/C14H26N2O/c1-2-6-16(7-5-15)14(17)10-13-9-11-3-4-12(13)8-11/h11-13H,2-10,15H2,1H3. The molecular weight excluding hydrogens is 212 g/mol. The molecule has 3 heteroatoms. The van der Waals surface area contributed by atoms with Crippen LogP contribution in [0.3, 0.4) is 0 Å². The minimum Gasteiger partial charge on any atom is -0.341 e. The Labute approximate surface area is 105 Å². The molecule has 1 amide bonds. The molecule has 3 atom stereocenters. The summed E-state index contributed by atoms with van der Waals surface area (Å²) in [5, 5.41) is 0. The molecule has 2 saturated carbocycles. The van der Waals surface area contributed by atoms with Gasteiger partial charge in [0.25, 0.3) is 0 Å².